The molecule has 2 rings (SSSR count). The Morgan fingerprint density at radius 3 is 2.89 bits per heavy atom. The summed E-state index contributed by atoms with van der Waals surface area (Å²) < 4.78 is 4.81. The molecule has 1 aromatic heterocycles. The molecule has 0 amide bonds. The molecular formula is C14H11Cl2NO2. The molecule has 19 heavy (non-hydrogen) atoms. The van der Waals surface area contributed by atoms with Gasteiger partial charge in [0.1, 0.15) is 0 Å². The molecule has 0 spiro atoms. The third kappa shape index (κ3) is 3.46. The van der Waals surface area contributed by atoms with Crippen LogP contribution in [0.25, 0.3) is 17.0 Å². The highest BCUT2D eigenvalue weighted by Crippen LogP contribution is 2.25. The maximum atomic E-state index is 11.3. The van der Waals surface area contributed by atoms with Gasteiger partial charge in [0.05, 0.1) is 17.1 Å². The molecule has 1 aromatic carbocycles. The summed E-state index contributed by atoms with van der Waals surface area (Å²) in [5, 5.41) is 1.93. The van der Waals surface area contributed by atoms with Crippen molar-refractivity contribution in [2.75, 3.05) is 6.61 Å². The first-order valence-electron chi connectivity index (χ1n) is 5.70. The SMILES string of the molecule is CCOC(=O)C=Cc1cc2cc(Cl)cnc2cc1Cl. The van der Waals surface area contributed by atoms with Gasteiger partial charge in [-0.2, -0.15) is 0 Å². The quantitative estimate of drug-likeness (QED) is 0.632. The van der Waals surface area contributed by atoms with Crippen LogP contribution in [0.15, 0.2) is 30.5 Å². The highest BCUT2D eigenvalue weighted by atomic mass is 35.5. The van der Waals surface area contributed by atoms with Gasteiger partial charge >= 0.3 is 5.97 Å². The van der Waals surface area contributed by atoms with Crippen molar-refractivity contribution in [3.63, 3.8) is 0 Å². The second-order valence-corrected chi connectivity index (χ2v) is 4.65. The molecule has 5 heteroatoms. The summed E-state index contributed by atoms with van der Waals surface area (Å²) >= 11 is 12.0. The third-order valence-corrected chi connectivity index (χ3v) is 2.99. The van der Waals surface area contributed by atoms with E-state index in [2.05, 4.69) is 4.98 Å². The molecule has 0 saturated heterocycles. The Kier molecular flexibility index (Phi) is 4.40. The highest BCUT2D eigenvalue weighted by molar-refractivity contribution is 6.33. The summed E-state index contributed by atoms with van der Waals surface area (Å²) in [6.45, 7) is 2.09. The zero-order valence-corrected chi connectivity index (χ0v) is 11.7. The van der Waals surface area contributed by atoms with Gasteiger partial charge in [-0.25, -0.2) is 4.79 Å². The average molecular weight is 296 g/mol. The lowest BCUT2D eigenvalue weighted by Gasteiger charge is -2.03. The summed E-state index contributed by atoms with van der Waals surface area (Å²) in [4.78, 5) is 15.4. The van der Waals surface area contributed by atoms with Gasteiger partial charge in [0.2, 0.25) is 0 Å². The summed E-state index contributed by atoms with van der Waals surface area (Å²) in [6, 6.07) is 5.35. The van der Waals surface area contributed by atoms with E-state index in [-0.39, 0.29) is 0 Å². The molecule has 0 bridgehead atoms. The van der Waals surface area contributed by atoms with Crippen LogP contribution in [0.4, 0.5) is 0 Å². The lowest BCUT2D eigenvalue weighted by Crippen LogP contribution is -1.98. The van der Waals surface area contributed by atoms with Crippen molar-refractivity contribution in [3.05, 3.63) is 46.1 Å². The molecule has 2 aromatic rings. The standard InChI is InChI=1S/C14H11Cl2NO2/c1-2-19-14(18)4-3-9-5-10-6-11(15)8-17-13(10)7-12(9)16/h3-8H,2H2,1H3. The lowest BCUT2D eigenvalue weighted by atomic mass is 10.1. The number of hydrogen-bond donors (Lipinski definition) is 0. The Bertz CT molecular complexity index is 653. The van der Waals surface area contributed by atoms with E-state index in [1.807, 2.05) is 6.07 Å². The van der Waals surface area contributed by atoms with Crippen LogP contribution in [0, 0.1) is 0 Å². The normalized spacial score (nSPS) is 11.1. The van der Waals surface area contributed by atoms with Crippen LogP contribution in [-0.2, 0) is 9.53 Å². The number of esters is 1. The number of pyridine rings is 1. The number of aromatic nitrogens is 1. The number of carbonyl (C=O) groups is 1. The van der Waals surface area contributed by atoms with E-state index in [0.717, 1.165) is 10.9 Å². The van der Waals surface area contributed by atoms with Crippen LogP contribution in [0.2, 0.25) is 10.0 Å². The third-order valence-electron chi connectivity index (χ3n) is 2.45. The van der Waals surface area contributed by atoms with Gasteiger partial charge in [0.25, 0.3) is 0 Å². The molecule has 0 radical (unpaired) electrons. The fourth-order valence-corrected chi connectivity index (χ4v) is 2.00. The fourth-order valence-electron chi connectivity index (χ4n) is 1.62. The Labute approximate surface area is 120 Å². The first-order chi connectivity index (χ1) is 9.10. The average Bonchev–Trinajstić information content (AvgIpc) is 2.37. The van der Waals surface area contributed by atoms with Crippen molar-refractivity contribution in [3.8, 4) is 0 Å². The number of fused-ring (bicyclic) bond motifs is 1. The van der Waals surface area contributed by atoms with E-state index in [0.29, 0.717) is 22.2 Å². The molecular weight excluding hydrogens is 285 g/mol. The second kappa shape index (κ2) is 6.04. The Morgan fingerprint density at radius 2 is 2.16 bits per heavy atom. The summed E-state index contributed by atoms with van der Waals surface area (Å²) in [5.74, 6) is -0.400. The maximum absolute atomic E-state index is 11.3. The van der Waals surface area contributed by atoms with E-state index >= 15 is 0 Å². The van der Waals surface area contributed by atoms with Crippen molar-refractivity contribution >= 4 is 46.2 Å². The first-order valence-corrected chi connectivity index (χ1v) is 6.45. The largest absolute Gasteiger partial charge is 0.463 e. The molecule has 0 aliphatic carbocycles. The number of benzene rings is 1. The number of nitrogens with zero attached hydrogens (tertiary/aromatic N) is 1. The van der Waals surface area contributed by atoms with Crippen LogP contribution in [0.1, 0.15) is 12.5 Å². The van der Waals surface area contributed by atoms with Crippen molar-refractivity contribution in [1.29, 1.82) is 0 Å². The smallest absolute Gasteiger partial charge is 0.330 e. The number of hydrogen-bond acceptors (Lipinski definition) is 3. The molecule has 0 fully saturated rings. The molecule has 0 atom stereocenters. The lowest BCUT2D eigenvalue weighted by molar-refractivity contribution is -0.137. The van der Waals surface area contributed by atoms with Gasteiger partial charge < -0.3 is 4.74 Å². The van der Waals surface area contributed by atoms with Crippen LogP contribution >= 0.6 is 23.2 Å². The molecule has 1 heterocycles. The maximum Gasteiger partial charge on any atom is 0.330 e. The minimum absolute atomic E-state index is 0.341. The minimum Gasteiger partial charge on any atom is -0.463 e. The van der Waals surface area contributed by atoms with Gasteiger partial charge in [0.15, 0.2) is 0 Å². The van der Waals surface area contributed by atoms with Gasteiger partial charge in [-0.3, -0.25) is 4.98 Å². The minimum atomic E-state index is -0.400. The summed E-state index contributed by atoms with van der Waals surface area (Å²) in [7, 11) is 0. The van der Waals surface area contributed by atoms with Gasteiger partial charge in [-0.15, -0.1) is 0 Å². The predicted octanol–water partition coefficient (Wildman–Crippen LogP) is 4.12. The number of rotatable bonds is 3. The van der Waals surface area contributed by atoms with Crippen LogP contribution in [0.3, 0.4) is 0 Å². The van der Waals surface area contributed by atoms with E-state index in [4.69, 9.17) is 27.9 Å². The van der Waals surface area contributed by atoms with E-state index in [1.54, 1.807) is 31.3 Å². The van der Waals surface area contributed by atoms with E-state index in [1.165, 1.54) is 6.08 Å². The van der Waals surface area contributed by atoms with Gasteiger partial charge in [0, 0.05) is 22.7 Å². The molecule has 3 nitrogen and oxygen atoms in total. The number of ether oxygens (including phenoxy) is 1. The van der Waals surface area contributed by atoms with Crippen LogP contribution in [0.5, 0.6) is 0 Å². The Hall–Kier alpha value is -1.58. The van der Waals surface area contributed by atoms with Crippen molar-refractivity contribution in [1.82, 2.24) is 4.98 Å². The van der Waals surface area contributed by atoms with Crippen LogP contribution < -0.4 is 0 Å². The topological polar surface area (TPSA) is 39.2 Å². The van der Waals surface area contributed by atoms with Crippen molar-refractivity contribution in [2.24, 2.45) is 0 Å². The van der Waals surface area contributed by atoms with Crippen molar-refractivity contribution in [2.45, 2.75) is 6.92 Å². The van der Waals surface area contributed by atoms with Crippen molar-refractivity contribution < 1.29 is 9.53 Å². The molecule has 0 unspecified atom stereocenters. The Morgan fingerprint density at radius 1 is 1.37 bits per heavy atom. The first kappa shape index (κ1) is 13.8. The monoisotopic (exact) mass is 295 g/mol. The van der Waals surface area contributed by atoms with E-state index < -0.39 is 5.97 Å². The highest BCUT2D eigenvalue weighted by Gasteiger charge is 2.03. The fraction of sp³-hybridized carbons (Fsp3) is 0.143. The zero-order chi connectivity index (χ0) is 13.8. The second-order valence-electron chi connectivity index (χ2n) is 3.81. The molecule has 0 aliphatic rings. The van der Waals surface area contributed by atoms with Gasteiger partial charge in [-0.05, 0) is 36.8 Å². The molecule has 98 valence electrons. The summed E-state index contributed by atoms with van der Waals surface area (Å²) in [6.07, 6.45) is 4.52. The van der Waals surface area contributed by atoms with E-state index in [9.17, 15) is 4.79 Å². The zero-order valence-electron chi connectivity index (χ0n) is 10.2. The van der Waals surface area contributed by atoms with Crippen LogP contribution in [-0.4, -0.2) is 17.6 Å². The molecule has 0 N–H and O–H groups in total. The number of carbonyl (C=O) groups excluding carboxylic acids is 1. The predicted molar refractivity (Wildman–Crippen MR) is 77.4 cm³/mol. The summed E-state index contributed by atoms with van der Waals surface area (Å²) in [5.41, 5.74) is 1.47. The number of halogens is 2. The van der Waals surface area contributed by atoms with Gasteiger partial charge in [-0.1, -0.05) is 23.2 Å². The molecule has 0 saturated carbocycles. The molecule has 0 aliphatic heterocycles. The Balaban J connectivity index is 2.38.